The number of carbonyl (C=O) groups excluding carboxylic acids is 2. The SMILES string of the molecule is O=C(C1=C(O)C(=O)N(c2nnc(SCc3ccccc3)s2)C1c1ccc(F)cc1)c1ccco1. The first-order valence-electron chi connectivity index (χ1n) is 10.1. The maximum absolute atomic E-state index is 13.6. The molecule has 2 aromatic heterocycles. The van der Waals surface area contributed by atoms with Gasteiger partial charge >= 0.3 is 0 Å². The second-order valence-electron chi connectivity index (χ2n) is 7.32. The number of anilines is 1. The molecule has 0 saturated carbocycles. The van der Waals surface area contributed by atoms with Crippen LogP contribution in [0.1, 0.15) is 27.7 Å². The Balaban J connectivity index is 1.50. The number of ketones is 1. The summed E-state index contributed by atoms with van der Waals surface area (Å²) in [4.78, 5) is 27.5. The zero-order valence-electron chi connectivity index (χ0n) is 17.4. The number of aliphatic hydroxyl groups excluding tert-OH is 1. The van der Waals surface area contributed by atoms with Gasteiger partial charge in [-0.2, -0.15) is 0 Å². The van der Waals surface area contributed by atoms with Crippen molar-refractivity contribution in [3.63, 3.8) is 0 Å². The van der Waals surface area contributed by atoms with Gasteiger partial charge in [0, 0.05) is 5.75 Å². The molecule has 2 aromatic carbocycles. The van der Waals surface area contributed by atoms with E-state index in [-0.39, 0.29) is 16.5 Å². The number of nitrogens with zero attached hydrogens (tertiary/aromatic N) is 3. The highest BCUT2D eigenvalue weighted by Gasteiger charge is 2.46. The number of amides is 1. The summed E-state index contributed by atoms with van der Waals surface area (Å²) in [6, 6.07) is 17.2. The number of aromatic nitrogens is 2. The fourth-order valence-electron chi connectivity index (χ4n) is 3.61. The average molecular weight is 494 g/mol. The van der Waals surface area contributed by atoms with E-state index in [9.17, 15) is 19.1 Å². The van der Waals surface area contributed by atoms with E-state index in [4.69, 9.17) is 4.42 Å². The summed E-state index contributed by atoms with van der Waals surface area (Å²) in [7, 11) is 0. The lowest BCUT2D eigenvalue weighted by Crippen LogP contribution is -2.31. The summed E-state index contributed by atoms with van der Waals surface area (Å²) in [6.07, 6.45) is 1.33. The van der Waals surface area contributed by atoms with Crippen LogP contribution in [-0.2, 0) is 10.5 Å². The van der Waals surface area contributed by atoms with Crippen molar-refractivity contribution in [2.45, 2.75) is 16.1 Å². The summed E-state index contributed by atoms with van der Waals surface area (Å²) >= 11 is 2.63. The third-order valence-corrected chi connectivity index (χ3v) is 7.32. The van der Waals surface area contributed by atoms with Gasteiger partial charge in [-0.1, -0.05) is 65.6 Å². The van der Waals surface area contributed by atoms with E-state index in [1.165, 1.54) is 70.7 Å². The van der Waals surface area contributed by atoms with Crippen LogP contribution >= 0.6 is 23.1 Å². The quantitative estimate of drug-likeness (QED) is 0.211. The normalized spacial score (nSPS) is 15.9. The van der Waals surface area contributed by atoms with E-state index in [2.05, 4.69) is 10.2 Å². The van der Waals surface area contributed by atoms with Crippen molar-refractivity contribution in [1.82, 2.24) is 10.2 Å². The molecule has 0 spiro atoms. The van der Waals surface area contributed by atoms with Crippen molar-refractivity contribution in [2.24, 2.45) is 0 Å². The average Bonchev–Trinajstić information content (AvgIpc) is 3.60. The molecular formula is C24H16FN3O4S2. The first-order chi connectivity index (χ1) is 16.5. The molecule has 1 aliphatic rings. The first-order valence-corrected chi connectivity index (χ1v) is 11.9. The lowest BCUT2D eigenvalue weighted by atomic mass is 9.95. The van der Waals surface area contributed by atoms with Gasteiger partial charge in [0.2, 0.25) is 10.9 Å². The molecule has 0 aliphatic carbocycles. The third kappa shape index (κ3) is 4.13. The van der Waals surface area contributed by atoms with Crippen molar-refractivity contribution in [2.75, 3.05) is 4.90 Å². The lowest BCUT2D eigenvalue weighted by Gasteiger charge is -2.23. The van der Waals surface area contributed by atoms with Crippen LogP contribution in [0.4, 0.5) is 9.52 Å². The smallest absolute Gasteiger partial charge is 0.296 e. The zero-order chi connectivity index (χ0) is 23.7. The molecule has 0 bridgehead atoms. The topological polar surface area (TPSA) is 96.5 Å². The van der Waals surface area contributed by atoms with Gasteiger partial charge in [-0.15, -0.1) is 10.2 Å². The van der Waals surface area contributed by atoms with Gasteiger partial charge < -0.3 is 9.52 Å². The lowest BCUT2D eigenvalue weighted by molar-refractivity contribution is -0.117. The number of hydrogen-bond donors (Lipinski definition) is 1. The van der Waals surface area contributed by atoms with E-state index >= 15 is 0 Å². The van der Waals surface area contributed by atoms with Crippen LogP contribution in [0.15, 0.2) is 93.1 Å². The Hall–Kier alpha value is -3.76. The number of Topliss-reactive ketones (excluding diaryl/α,β-unsaturated/α-hetero) is 1. The molecule has 1 amide bonds. The molecule has 170 valence electrons. The number of benzene rings is 2. The molecule has 1 atom stereocenters. The molecule has 4 aromatic rings. The maximum atomic E-state index is 13.6. The molecule has 7 nitrogen and oxygen atoms in total. The Kier molecular flexibility index (Phi) is 5.99. The molecule has 5 rings (SSSR count). The highest BCUT2D eigenvalue weighted by Crippen LogP contribution is 2.43. The maximum Gasteiger partial charge on any atom is 0.296 e. The largest absolute Gasteiger partial charge is 0.503 e. The first kappa shape index (κ1) is 22.1. The van der Waals surface area contributed by atoms with E-state index in [0.717, 1.165) is 5.56 Å². The Bertz CT molecular complexity index is 1370. The number of carbonyl (C=O) groups is 2. The molecule has 1 aliphatic heterocycles. The van der Waals surface area contributed by atoms with E-state index in [1.807, 2.05) is 30.3 Å². The minimum absolute atomic E-state index is 0.0281. The van der Waals surface area contributed by atoms with Crippen LogP contribution < -0.4 is 4.90 Å². The van der Waals surface area contributed by atoms with Crippen LogP contribution in [0, 0.1) is 5.82 Å². The Labute approximate surface area is 201 Å². The van der Waals surface area contributed by atoms with Crippen LogP contribution in [0.3, 0.4) is 0 Å². The number of aliphatic hydroxyl groups is 1. The molecule has 1 unspecified atom stereocenters. The number of thioether (sulfide) groups is 1. The summed E-state index contributed by atoms with van der Waals surface area (Å²) in [5, 5.41) is 19.2. The molecule has 0 saturated heterocycles. The van der Waals surface area contributed by atoms with E-state index < -0.39 is 29.3 Å². The Morgan fingerprint density at radius 2 is 1.85 bits per heavy atom. The molecule has 34 heavy (non-hydrogen) atoms. The fraction of sp³-hybridized carbons (Fsp3) is 0.0833. The third-order valence-electron chi connectivity index (χ3n) is 5.19. The molecule has 10 heteroatoms. The van der Waals surface area contributed by atoms with Crippen molar-refractivity contribution in [1.29, 1.82) is 0 Å². The van der Waals surface area contributed by atoms with E-state index in [0.29, 0.717) is 15.7 Å². The monoisotopic (exact) mass is 493 g/mol. The number of halogens is 1. The molecular weight excluding hydrogens is 477 g/mol. The van der Waals surface area contributed by atoms with Crippen LogP contribution in [0.2, 0.25) is 0 Å². The van der Waals surface area contributed by atoms with Gasteiger partial charge in [-0.05, 0) is 35.4 Å². The molecule has 0 radical (unpaired) electrons. The fourth-order valence-corrected chi connectivity index (χ4v) is 5.44. The van der Waals surface area contributed by atoms with E-state index in [1.54, 1.807) is 0 Å². The highest BCUT2D eigenvalue weighted by molar-refractivity contribution is 8.00. The van der Waals surface area contributed by atoms with Crippen LogP contribution in [0.5, 0.6) is 0 Å². The number of furan rings is 1. The highest BCUT2D eigenvalue weighted by atomic mass is 32.2. The second kappa shape index (κ2) is 9.24. The summed E-state index contributed by atoms with van der Waals surface area (Å²) in [5.41, 5.74) is 1.37. The van der Waals surface area contributed by atoms with Crippen molar-refractivity contribution < 1.29 is 23.5 Å². The predicted octanol–water partition coefficient (Wildman–Crippen LogP) is 5.35. The molecule has 0 fully saturated rings. The minimum atomic E-state index is -1.02. The number of rotatable bonds is 7. The minimum Gasteiger partial charge on any atom is -0.503 e. The second-order valence-corrected chi connectivity index (χ2v) is 9.50. The van der Waals surface area contributed by atoms with Gasteiger partial charge in [0.05, 0.1) is 17.9 Å². The van der Waals surface area contributed by atoms with Crippen LogP contribution in [0.25, 0.3) is 0 Å². The van der Waals surface area contributed by atoms with Gasteiger partial charge in [-0.3, -0.25) is 14.5 Å². The standard InChI is InChI=1S/C24H16FN3O4S2/c25-16-10-8-15(9-11-16)19-18(20(29)17-7-4-12-32-17)21(30)22(31)28(19)23-26-27-24(34-23)33-13-14-5-2-1-3-6-14/h1-12,19,30H,13H2. The van der Waals surface area contributed by atoms with Gasteiger partial charge in [0.15, 0.2) is 15.9 Å². The molecule has 1 N–H and O–H groups in total. The summed E-state index contributed by atoms with van der Waals surface area (Å²) in [6.45, 7) is 0. The Morgan fingerprint density at radius 1 is 1.09 bits per heavy atom. The van der Waals surface area contributed by atoms with Crippen molar-refractivity contribution >= 4 is 39.9 Å². The number of hydrogen-bond acceptors (Lipinski definition) is 8. The molecule has 3 heterocycles. The van der Waals surface area contributed by atoms with Gasteiger partial charge in [0.25, 0.3) is 5.91 Å². The summed E-state index contributed by atoms with van der Waals surface area (Å²) in [5.74, 6) is -1.97. The zero-order valence-corrected chi connectivity index (χ0v) is 19.1. The van der Waals surface area contributed by atoms with Crippen molar-refractivity contribution in [3.8, 4) is 0 Å². The Morgan fingerprint density at radius 3 is 2.56 bits per heavy atom. The van der Waals surface area contributed by atoms with Crippen LogP contribution in [-0.4, -0.2) is 27.0 Å². The predicted molar refractivity (Wildman–Crippen MR) is 125 cm³/mol. The van der Waals surface area contributed by atoms with Gasteiger partial charge in [0.1, 0.15) is 5.82 Å². The summed E-state index contributed by atoms with van der Waals surface area (Å²) < 4.78 is 19.4. The van der Waals surface area contributed by atoms with Gasteiger partial charge in [-0.25, -0.2) is 4.39 Å². The van der Waals surface area contributed by atoms with Crippen molar-refractivity contribution in [3.05, 3.63) is 107 Å².